The van der Waals surface area contributed by atoms with Gasteiger partial charge in [-0.05, 0) is 31.6 Å². The third-order valence-corrected chi connectivity index (χ3v) is 3.99. The first kappa shape index (κ1) is 11.7. The molecule has 18 heavy (non-hydrogen) atoms. The third kappa shape index (κ3) is 2.02. The van der Waals surface area contributed by atoms with Crippen LogP contribution in [-0.2, 0) is 0 Å². The van der Waals surface area contributed by atoms with Crippen molar-refractivity contribution < 1.29 is 4.79 Å². The lowest BCUT2D eigenvalue weighted by molar-refractivity contribution is 0.0689. The summed E-state index contributed by atoms with van der Waals surface area (Å²) in [5.74, 6) is 2.24. The van der Waals surface area contributed by atoms with E-state index in [-0.39, 0.29) is 5.91 Å². The van der Waals surface area contributed by atoms with Crippen LogP contribution in [-0.4, -0.2) is 38.6 Å². The molecule has 1 aliphatic heterocycles. The van der Waals surface area contributed by atoms with Gasteiger partial charge in [0.2, 0.25) is 5.82 Å². The zero-order chi connectivity index (χ0) is 12.7. The minimum Gasteiger partial charge on any atom is -0.333 e. The number of H-pyrrole nitrogens is 1. The van der Waals surface area contributed by atoms with Crippen molar-refractivity contribution >= 4 is 5.91 Å². The molecule has 98 valence electrons. The molecule has 2 aliphatic rings. The molecule has 2 heterocycles. The van der Waals surface area contributed by atoms with Gasteiger partial charge in [0, 0.05) is 18.5 Å². The van der Waals surface area contributed by atoms with Gasteiger partial charge in [0.25, 0.3) is 5.91 Å². The highest BCUT2D eigenvalue weighted by atomic mass is 16.2. The molecule has 1 aromatic heterocycles. The average molecular weight is 248 g/mol. The van der Waals surface area contributed by atoms with E-state index in [1.54, 1.807) is 0 Å². The molecule has 5 nitrogen and oxygen atoms in total. The van der Waals surface area contributed by atoms with Crippen molar-refractivity contribution in [3.05, 3.63) is 11.6 Å². The summed E-state index contributed by atoms with van der Waals surface area (Å²) in [7, 11) is 0. The third-order valence-electron chi connectivity index (χ3n) is 3.99. The van der Waals surface area contributed by atoms with Gasteiger partial charge >= 0.3 is 0 Å². The standard InChI is InChI=1S/C13H20N4O/c1-8(2)10-4-3-7-17(10)13(18)12-14-11(15-16-12)9-5-6-9/h8-10H,3-7H2,1-2H3,(H,14,15,16). The van der Waals surface area contributed by atoms with E-state index in [4.69, 9.17) is 0 Å². The summed E-state index contributed by atoms with van der Waals surface area (Å²) in [5, 5.41) is 7.00. The zero-order valence-electron chi connectivity index (χ0n) is 11.0. The largest absolute Gasteiger partial charge is 0.333 e. The van der Waals surface area contributed by atoms with Gasteiger partial charge in [-0.3, -0.25) is 9.89 Å². The number of carbonyl (C=O) groups is 1. The van der Waals surface area contributed by atoms with E-state index in [1.807, 2.05) is 4.90 Å². The maximum Gasteiger partial charge on any atom is 0.293 e. The molecule has 1 saturated heterocycles. The van der Waals surface area contributed by atoms with Crippen LogP contribution >= 0.6 is 0 Å². The number of hydrogen-bond donors (Lipinski definition) is 1. The smallest absolute Gasteiger partial charge is 0.293 e. The minimum atomic E-state index is -0.00523. The molecule has 1 N–H and O–H groups in total. The number of likely N-dealkylation sites (tertiary alicyclic amines) is 1. The molecule has 3 rings (SSSR count). The van der Waals surface area contributed by atoms with Crippen molar-refractivity contribution in [1.29, 1.82) is 0 Å². The molecule has 1 aliphatic carbocycles. The van der Waals surface area contributed by atoms with Gasteiger partial charge in [-0.1, -0.05) is 13.8 Å². The van der Waals surface area contributed by atoms with Gasteiger partial charge in [0.05, 0.1) is 0 Å². The molecule has 0 bridgehead atoms. The Morgan fingerprint density at radius 3 is 2.83 bits per heavy atom. The highest BCUT2D eigenvalue weighted by molar-refractivity contribution is 5.90. The van der Waals surface area contributed by atoms with Crippen LogP contribution in [0.3, 0.4) is 0 Å². The Balaban J connectivity index is 1.76. The van der Waals surface area contributed by atoms with Crippen LogP contribution in [0.4, 0.5) is 0 Å². The molecule has 1 unspecified atom stereocenters. The van der Waals surface area contributed by atoms with Gasteiger partial charge in [0.15, 0.2) is 0 Å². The van der Waals surface area contributed by atoms with Gasteiger partial charge in [-0.15, -0.1) is 5.10 Å². The fourth-order valence-electron chi connectivity index (χ4n) is 2.78. The van der Waals surface area contributed by atoms with Gasteiger partial charge in [-0.25, -0.2) is 4.98 Å². The van der Waals surface area contributed by atoms with Crippen LogP contribution in [0.15, 0.2) is 0 Å². The van der Waals surface area contributed by atoms with E-state index < -0.39 is 0 Å². The normalized spacial score (nSPS) is 23.9. The summed E-state index contributed by atoms with van der Waals surface area (Å²) in [6, 6.07) is 0.348. The Morgan fingerprint density at radius 1 is 1.39 bits per heavy atom. The zero-order valence-corrected chi connectivity index (χ0v) is 11.0. The topological polar surface area (TPSA) is 61.9 Å². The number of aromatic nitrogens is 3. The fraction of sp³-hybridized carbons (Fsp3) is 0.769. The van der Waals surface area contributed by atoms with E-state index in [2.05, 4.69) is 29.0 Å². The second-order valence-electron chi connectivity index (χ2n) is 5.77. The van der Waals surface area contributed by atoms with Crippen LogP contribution in [0.25, 0.3) is 0 Å². The molecule has 2 fully saturated rings. The summed E-state index contributed by atoms with van der Waals surface area (Å²) >= 11 is 0. The number of carbonyl (C=O) groups excluding carboxylic acids is 1. The molecule has 0 spiro atoms. The molecular formula is C13H20N4O. The lowest BCUT2D eigenvalue weighted by Gasteiger charge is -2.26. The van der Waals surface area contributed by atoms with Crippen molar-refractivity contribution in [2.45, 2.75) is 51.5 Å². The van der Waals surface area contributed by atoms with Crippen LogP contribution in [0, 0.1) is 5.92 Å². The van der Waals surface area contributed by atoms with Crippen molar-refractivity contribution in [1.82, 2.24) is 20.1 Å². The van der Waals surface area contributed by atoms with Crippen molar-refractivity contribution in [2.75, 3.05) is 6.54 Å². The predicted molar refractivity (Wildman–Crippen MR) is 67.3 cm³/mol. The molecule has 1 atom stereocenters. The maximum atomic E-state index is 12.4. The lowest BCUT2D eigenvalue weighted by Crippen LogP contribution is -2.39. The van der Waals surface area contributed by atoms with E-state index >= 15 is 0 Å². The van der Waals surface area contributed by atoms with Crippen LogP contribution in [0.2, 0.25) is 0 Å². The monoisotopic (exact) mass is 248 g/mol. The van der Waals surface area contributed by atoms with E-state index in [9.17, 15) is 4.79 Å². The molecule has 1 amide bonds. The van der Waals surface area contributed by atoms with Crippen molar-refractivity contribution in [3.63, 3.8) is 0 Å². The number of aromatic amines is 1. The molecule has 1 aromatic rings. The summed E-state index contributed by atoms with van der Waals surface area (Å²) in [6.45, 7) is 5.18. The minimum absolute atomic E-state index is 0.00523. The van der Waals surface area contributed by atoms with E-state index in [0.29, 0.717) is 23.7 Å². The SMILES string of the molecule is CC(C)C1CCCN1C(=O)c1n[nH]c(C2CC2)n1. The Kier molecular flexibility index (Phi) is 2.84. The lowest BCUT2D eigenvalue weighted by atomic mass is 10.0. The predicted octanol–water partition coefficient (Wildman–Crippen LogP) is 1.94. The van der Waals surface area contributed by atoms with Gasteiger partial charge in [-0.2, -0.15) is 0 Å². The summed E-state index contributed by atoms with van der Waals surface area (Å²) < 4.78 is 0. The fourth-order valence-corrected chi connectivity index (χ4v) is 2.78. The van der Waals surface area contributed by atoms with E-state index in [1.165, 1.54) is 12.8 Å². The van der Waals surface area contributed by atoms with Crippen LogP contribution in [0.1, 0.15) is 61.9 Å². The van der Waals surface area contributed by atoms with Crippen LogP contribution in [0.5, 0.6) is 0 Å². The Hall–Kier alpha value is -1.39. The summed E-state index contributed by atoms with van der Waals surface area (Å²) in [6.07, 6.45) is 4.53. The Labute approximate surface area is 107 Å². The number of nitrogens with one attached hydrogen (secondary N) is 1. The molecule has 5 heteroatoms. The Morgan fingerprint density at radius 2 is 2.17 bits per heavy atom. The quantitative estimate of drug-likeness (QED) is 0.889. The summed E-state index contributed by atoms with van der Waals surface area (Å²) in [5.41, 5.74) is 0. The molecular weight excluding hydrogens is 228 g/mol. The Bertz CT molecular complexity index is 450. The molecule has 0 aromatic carbocycles. The van der Waals surface area contributed by atoms with Gasteiger partial charge in [0.1, 0.15) is 5.82 Å². The number of hydrogen-bond acceptors (Lipinski definition) is 3. The number of nitrogens with zero attached hydrogens (tertiary/aromatic N) is 3. The van der Waals surface area contributed by atoms with Gasteiger partial charge < -0.3 is 4.90 Å². The molecule has 1 saturated carbocycles. The van der Waals surface area contributed by atoms with Crippen molar-refractivity contribution in [3.8, 4) is 0 Å². The molecule has 0 radical (unpaired) electrons. The highest BCUT2D eigenvalue weighted by Crippen LogP contribution is 2.37. The number of amides is 1. The first-order chi connectivity index (χ1) is 8.66. The summed E-state index contributed by atoms with van der Waals surface area (Å²) in [4.78, 5) is 18.7. The average Bonchev–Trinajstić information content (AvgIpc) is 2.92. The van der Waals surface area contributed by atoms with Crippen LogP contribution < -0.4 is 0 Å². The van der Waals surface area contributed by atoms with E-state index in [0.717, 1.165) is 25.2 Å². The second-order valence-corrected chi connectivity index (χ2v) is 5.77. The maximum absolute atomic E-state index is 12.4. The van der Waals surface area contributed by atoms with Crippen molar-refractivity contribution in [2.24, 2.45) is 5.92 Å². The first-order valence-electron chi connectivity index (χ1n) is 6.90. The first-order valence-corrected chi connectivity index (χ1v) is 6.90. The number of rotatable bonds is 3. The second kappa shape index (κ2) is 4.37. The highest BCUT2D eigenvalue weighted by Gasteiger charge is 2.34.